The number of phosphoric ester groups is 2. The Balaban J connectivity index is 5.13. The number of aliphatic hydroxyl groups is 1. The van der Waals surface area contributed by atoms with Crippen molar-refractivity contribution in [3.63, 3.8) is 0 Å². The first-order valence-corrected chi connectivity index (χ1v) is 44.0. The Morgan fingerprint density at radius 3 is 0.776 bits per heavy atom. The molecule has 0 rings (SSSR count). The van der Waals surface area contributed by atoms with Crippen molar-refractivity contribution in [1.29, 1.82) is 0 Å². The fraction of sp³-hybridized carbons (Fsp3) is 0.949. The molecule has 17 nitrogen and oxygen atoms in total. The summed E-state index contributed by atoms with van der Waals surface area (Å²) in [5, 5.41) is 10.6. The fourth-order valence-electron chi connectivity index (χ4n) is 12.2. The number of rotatable bonds is 78. The summed E-state index contributed by atoms with van der Waals surface area (Å²) in [6, 6.07) is 0. The average molecular weight is 1440 g/mol. The molecule has 0 saturated carbocycles. The van der Waals surface area contributed by atoms with Gasteiger partial charge in [-0.2, -0.15) is 0 Å². The molecule has 0 amide bonds. The first-order chi connectivity index (χ1) is 47.4. The Bertz CT molecular complexity index is 1890. The molecule has 0 saturated heterocycles. The zero-order valence-electron chi connectivity index (χ0n) is 64.1. The summed E-state index contributed by atoms with van der Waals surface area (Å²) in [6.07, 6.45) is 60.0. The number of hydrogen-bond acceptors (Lipinski definition) is 15. The highest BCUT2D eigenvalue weighted by molar-refractivity contribution is 7.47. The van der Waals surface area contributed by atoms with Gasteiger partial charge in [0.05, 0.1) is 26.4 Å². The van der Waals surface area contributed by atoms with Crippen LogP contribution in [-0.2, 0) is 65.4 Å². The van der Waals surface area contributed by atoms with E-state index < -0.39 is 97.5 Å². The van der Waals surface area contributed by atoms with Crippen LogP contribution in [0.25, 0.3) is 0 Å². The molecule has 0 fully saturated rings. The third kappa shape index (κ3) is 71.1. The Morgan fingerprint density at radius 1 is 0.296 bits per heavy atom. The summed E-state index contributed by atoms with van der Waals surface area (Å²) in [5.74, 6) is -0.452. The topological polar surface area (TPSA) is 237 Å². The normalized spacial score (nSPS) is 14.2. The van der Waals surface area contributed by atoms with Gasteiger partial charge in [-0.15, -0.1) is 0 Å². The van der Waals surface area contributed by atoms with Crippen molar-refractivity contribution < 1.29 is 80.2 Å². The summed E-state index contributed by atoms with van der Waals surface area (Å²) >= 11 is 0. The van der Waals surface area contributed by atoms with E-state index in [9.17, 15) is 43.2 Å². The van der Waals surface area contributed by atoms with E-state index in [4.69, 9.17) is 37.0 Å². The van der Waals surface area contributed by atoms with Crippen LogP contribution in [0.2, 0.25) is 0 Å². The predicted molar refractivity (Wildman–Crippen MR) is 400 cm³/mol. The lowest BCUT2D eigenvalue weighted by Crippen LogP contribution is -2.30. The van der Waals surface area contributed by atoms with Gasteiger partial charge in [0, 0.05) is 25.7 Å². The molecule has 0 aliphatic heterocycles. The molecule has 0 aromatic carbocycles. The quantitative estimate of drug-likeness (QED) is 0.0222. The highest BCUT2D eigenvalue weighted by Gasteiger charge is 2.30. The maximum absolute atomic E-state index is 13.1. The zero-order chi connectivity index (χ0) is 72.1. The van der Waals surface area contributed by atoms with E-state index in [-0.39, 0.29) is 25.7 Å². The van der Waals surface area contributed by atoms with Gasteiger partial charge < -0.3 is 33.8 Å². The van der Waals surface area contributed by atoms with Crippen LogP contribution in [0.5, 0.6) is 0 Å². The van der Waals surface area contributed by atoms with Crippen LogP contribution >= 0.6 is 15.6 Å². The molecule has 0 radical (unpaired) electrons. The number of esters is 4. The molecule has 0 aliphatic carbocycles. The lowest BCUT2D eigenvalue weighted by atomic mass is 9.99. The number of carbonyl (C=O) groups excluding carboxylic acids is 4. The van der Waals surface area contributed by atoms with Crippen LogP contribution in [0.15, 0.2) is 0 Å². The standard InChI is InChI=1S/C79H154O17P2/c1-7-10-12-14-15-16-17-18-29-35-40-45-51-57-63-78(83)95-74(67-89-76(81)61-55-47-13-11-8-2)69-93-97(85,86)91-65-73(80)66-92-98(87,88)94-70-75(68-90-77(82)62-56-50-44-39-34-30-26-25-28-33-38-43-49-54-60-72(6)9-3)96-79(84)64-58-52-46-41-36-31-24-22-20-19-21-23-27-32-37-42-48-53-59-71(4)5/h71-75,80H,7-70H2,1-6H3,(H,85,86)(H,87,88)/t72?,73-,74+,75+/m0/s1. The largest absolute Gasteiger partial charge is 0.472 e. The predicted octanol–water partition coefficient (Wildman–Crippen LogP) is 23.5. The number of phosphoric acid groups is 2. The number of carbonyl (C=O) groups is 4. The van der Waals surface area contributed by atoms with Gasteiger partial charge in [-0.3, -0.25) is 37.3 Å². The molecule has 3 N–H and O–H groups in total. The van der Waals surface area contributed by atoms with Crippen molar-refractivity contribution in [2.75, 3.05) is 39.6 Å². The summed E-state index contributed by atoms with van der Waals surface area (Å²) < 4.78 is 68.4. The molecule has 0 aromatic heterocycles. The highest BCUT2D eigenvalue weighted by Crippen LogP contribution is 2.45. The molecule has 0 bridgehead atoms. The lowest BCUT2D eigenvalue weighted by molar-refractivity contribution is -0.161. The van der Waals surface area contributed by atoms with Crippen LogP contribution in [0.3, 0.4) is 0 Å². The molecule has 3 unspecified atom stereocenters. The highest BCUT2D eigenvalue weighted by atomic mass is 31.2. The second-order valence-electron chi connectivity index (χ2n) is 29.2. The molecule has 98 heavy (non-hydrogen) atoms. The number of aliphatic hydroxyl groups excluding tert-OH is 1. The van der Waals surface area contributed by atoms with Crippen LogP contribution in [0.1, 0.15) is 414 Å². The number of hydrogen-bond donors (Lipinski definition) is 3. The van der Waals surface area contributed by atoms with Crippen molar-refractivity contribution in [2.24, 2.45) is 11.8 Å². The smallest absolute Gasteiger partial charge is 0.462 e. The van der Waals surface area contributed by atoms with Crippen molar-refractivity contribution in [2.45, 2.75) is 432 Å². The summed E-state index contributed by atoms with van der Waals surface area (Å²) in [5.41, 5.74) is 0. The minimum Gasteiger partial charge on any atom is -0.462 e. The minimum atomic E-state index is -4.96. The van der Waals surface area contributed by atoms with Gasteiger partial charge in [0.2, 0.25) is 0 Å². The summed E-state index contributed by atoms with van der Waals surface area (Å²) in [4.78, 5) is 72.6. The summed E-state index contributed by atoms with van der Waals surface area (Å²) in [7, 11) is -9.90. The van der Waals surface area contributed by atoms with Gasteiger partial charge in [0.15, 0.2) is 12.2 Å². The van der Waals surface area contributed by atoms with Crippen LogP contribution in [-0.4, -0.2) is 96.7 Å². The van der Waals surface area contributed by atoms with E-state index >= 15 is 0 Å². The maximum atomic E-state index is 13.1. The average Bonchev–Trinajstić information content (AvgIpc) is 2.25. The lowest BCUT2D eigenvalue weighted by Gasteiger charge is -2.21. The van der Waals surface area contributed by atoms with Gasteiger partial charge in [-0.25, -0.2) is 9.13 Å². The molecule has 0 heterocycles. The van der Waals surface area contributed by atoms with Crippen molar-refractivity contribution in [1.82, 2.24) is 0 Å². The molecule has 0 spiro atoms. The van der Waals surface area contributed by atoms with Crippen molar-refractivity contribution in [3.8, 4) is 0 Å². The van der Waals surface area contributed by atoms with Gasteiger partial charge in [-0.1, -0.05) is 363 Å². The van der Waals surface area contributed by atoms with Crippen molar-refractivity contribution in [3.05, 3.63) is 0 Å². The Labute approximate surface area is 600 Å². The van der Waals surface area contributed by atoms with E-state index in [1.807, 2.05) is 0 Å². The van der Waals surface area contributed by atoms with E-state index in [1.54, 1.807) is 0 Å². The Kier molecular flexibility index (Phi) is 69.3. The summed E-state index contributed by atoms with van der Waals surface area (Å²) in [6.45, 7) is 9.62. The number of unbranched alkanes of at least 4 members (excludes halogenated alkanes) is 47. The van der Waals surface area contributed by atoms with Gasteiger partial charge >= 0.3 is 39.5 Å². The molecular weight excluding hydrogens is 1280 g/mol. The SMILES string of the molecule is CCCCCCCCCCCCCCCCC(=O)O[C@H](COC(=O)CCCCCCC)COP(=O)(O)OC[C@H](O)COP(=O)(O)OC[C@@H](COC(=O)CCCCCCCCCCCCCCCCC(C)CC)OC(=O)CCCCCCCCCCCCCCCCCCCCC(C)C. The van der Waals surface area contributed by atoms with Gasteiger partial charge in [-0.05, 0) is 37.5 Å². The zero-order valence-corrected chi connectivity index (χ0v) is 65.9. The molecular formula is C79H154O17P2. The van der Waals surface area contributed by atoms with Gasteiger partial charge in [0.1, 0.15) is 19.3 Å². The Morgan fingerprint density at radius 2 is 0.520 bits per heavy atom. The van der Waals surface area contributed by atoms with E-state index in [1.165, 1.54) is 225 Å². The monoisotopic (exact) mass is 1440 g/mol. The molecule has 0 aromatic rings. The van der Waals surface area contributed by atoms with Crippen LogP contribution in [0, 0.1) is 11.8 Å². The first-order valence-electron chi connectivity index (χ1n) is 41.0. The van der Waals surface area contributed by atoms with E-state index in [2.05, 4.69) is 41.5 Å². The van der Waals surface area contributed by atoms with Crippen LogP contribution < -0.4 is 0 Å². The minimum absolute atomic E-state index is 0.107. The molecule has 19 heteroatoms. The maximum Gasteiger partial charge on any atom is 0.472 e. The van der Waals surface area contributed by atoms with E-state index in [0.29, 0.717) is 25.7 Å². The first kappa shape index (κ1) is 96.1. The molecule has 0 aliphatic rings. The third-order valence-corrected chi connectivity index (χ3v) is 20.7. The second kappa shape index (κ2) is 70.7. The second-order valence-corrected chi connectivity index (χ2v) is 32.1. The Hall–Kier alpha value is -1.94. The van der Waals surface area contributed by atoms with E-state index in [0.717, 1.165) is 108 Å². The van der Waals surface area contributed by atoms with Gasteiger partial charge in [0.25, 0.3) is 0 Å². The number of ether oxygens (including phenoxy) is 4. The fourth-order valence-corrected chi connectivity index (χ4v) is 13.7. The third-order valence-electron chi connectivity index (χ3n) is 18.8. The van der Waals surface area contributed by atoms with Crippen LogP contribution in [0.4, 0.5) is 0 Å². The molecule has 582 valence electrons. The van der Waals surface area contributed by atoms with Crippen molar-refractivity contribution >= 4 is 39.5 Å². The molecule has 6 atom stereocenters.